The predicted molar refractivity (Wildman–Crippen MR) is 44.6 cm³/mol. The molecule has 0 amide bonds. The average molecular weight is 219 g/mol. The molecule has 0 spiro atoms. The van der Waals surface area contributed by atoms with Crippen LogP contribution in [0.2, 0.25) is 0 Å². The Morgan fingerprint density at radius 2 is 2.36 bits per heavy atom. The second kappa shape index (κ2) is 2.47. The van der Waals surface area contributed by atoms with Crippen molar-refractivity contribution < 1.29 is 9.53 Å². The fraction of sp³-hybridized carbons (Fsp3) is 0.875. The number of ether oxygens (including phenoxy) is 1. The minimum absolute atomic E-state index is 0.00231. The van der Waals surface area contributed by atoms with Crippen LogP contribution in [0.1, 0.15) is 32.1 Å². The van der Waals surface area contributed by atoms with Crippen molar-refractivity contribution in [3.8, 4) is 0 Å². The summed E-state index contributed by atoms with van der Waals surface area (Å²) in [6.07, 6.45) is 5.27. The van der Waals surface area contributed by atoms with Gasteiger partial charge in [0.25, 0.3) is 0 Å². The van der Waals surface area contributed by atoms with E-state index in [1.165, 1.54) is 12.8 Å². The molecule has 1 aliphatic carbocycles. The van der Waals surface area contributed by atoms with Crippen molar-refractivity contribution in [2.75, 3.05) is 0 Å². The topological polar surface area (TPSA) is 26.3 Å². The minimum Gasteiger partial charge on any atom is -0.461 e. The number of rotatable bonds is 0. The van der Waals surface area contributed by atoms with E-state index in [2.05, 4.69) is 15.9 Å². The van der Waals surface area contributed by atoms with Gasteiger partial charge in [-0.05, 0) is 19.3 Å². The van der Waals surface area contributed by atoms with Gasteiger partial charge < -0.3 is 4.74 Å². The third kappa shape index (κ3) is 1.19. The maximum absolute atomic E-state index is 11.0. The summed E-state index contributed by atoms with van der Waals surface area (Å²) in [5, 5.41) is 0. The average Bonchev–Trinajstić information content (AvgIpc) is 2.22. The lowest BCUT2D eigenvalue weighted by Crippen LogP contribution is -2.34. The number of hydrogen-bond acceptors (Lipinski definition) is 2. The fourth-order valence-electron chi connectivity index (χ4n) is 1.98. The molecule has 1 saturated carbocycles. The summed E-state index contributed by atoms with van der Waals surface area (Å²) < 4.78 is 5.18. The monoisotopic (exact) mass is 218 g/mol. The number of carbonyl (C=O) groups is 1. The standard InChI is InChI=1S/C8H11BrO2/c9-8-4-2-1-3-6(8)11-7(10)5-8/h6H,1-5H2/t6-,8+/m1/s1. The van der Waals surface area contributed by atoms with Crippen molar-refractivity contribution in [3.63, 3.8) is 0 Å². The maximum Gasteiger partial charge on any atom is 0.307 e. The Kier molecular flexibility index (Phi) is 1.71. The van der Waals surface area contributed by atoms with Gasteiger partial charge >= 0.3 is 5.97 Å². The molecule has 2 aliphatic rings. The molecule has 0 radical (unpaired) electrons. The van der Waals surface area contributed by atoms with Crippen LogP contribution in [0, 0.1) is 0 Å². The van der Waals surface area contributed by atoms with Crippen LogP contribution in [0.25, 0.3) is 0 Å². The number of fused-ring (bicyclic) bond motifs is 1. The van der Waals surface area contributed by atoms with Gasteiger partial charge in [0.05, 0.1) is 10.7 Å². The van der Waals surface area contributed by atoms with E-state index in [-0.39, 0.29) is 16.4 Å². The van der Waals surface area contributed by atoms with E-state index in [9.17, 15) is 4.79 Å². The van der Waals surface area contributed by atoms with Crippen molar-refractivity contribution in [2.45, 2.75) is 42.5 Å². The van der Waals surface area contributed by atoms with E-state index >= 15 is 0 Å². The van der Waals surface area contributed by atoms with Crippen molar-refractivity contribution >= 4 is 21.9 Å². The second-order valence-electron chi connectivity index (χ2n) is 3.44. The Morgan fingerprint density at radius 1 is 1.55 bits per heavy atom. The number of alkyl halides is 1. The highest BCUT2D eigenvalue weighted by atomic mass is 79.9. The van der Waals surface area contributed by atoms with Gasteiger partial charge in [-0.15, -0.1) is 0 Å². The quantitative estimate of drug-likeness (QED) is 0.460. The molecule has 2 fully saturated rings. The highest BCUT2D eigenvalue weighted by Crippen LogP contribution is 2.44. The third-order valence-electron chi connectivity index (χ3n) is 2.60. The van der Waals surface area contributed by atoms with E-state index in [1.807, 2.05) is 0 Å². The molecule has 2 rings (SSSR count). The molecule has 11 heavy (non-hydrogen) atoms. The van der Waals surface area contributed by atoms with Gasteiger partial charge in [0.2, 0.25) is 0 Å². The number of esters is 1. The van der Waals surface area contributed by atoms with Crippen molar-refractivity contribution in [1.29, 1.82) is 0 Å². The van der Waals surface area contributed by atoms with Crippen LogP contribution in [-0.2, 0) is 9.53 Å². The van der Waals surface area contributed by atoms with Crippen molar-refractivity contribution in [2.24, 2.45) is 0 Å². The Bertz CT molecular complexity index is 193. The molecule has 0 aromatic carbocycles. The lowest BCUT2D eigenvalue weighted by atomic mass is 9.86. The summed E-state index contributed by atoms with van der Waals surface area (Å²) in [6, 6.07) is 0. The number of carbonyl (C=O) groups excluding carboxylic acids is 1. The summed E-state index contributed by atoms with van der Waals surface area (Å²) in [5.74, 6) is -0.0335. The maximum atomic E-state index is 11.0. The van der Waals surface area contributed by atoms with Gasteiger partial charge in [0, 0.05) is 0 Å². The molecular formula is C8H11BrO2. The predicted octanol–water partition coefficient (Wildman–Crippen LogP) is 2.01. The molecule has 1 heterocycles. The summed E-state index contributed by atoms with van der Waals surface area (Å²) in [7, 11) is 0. The van der Waals surface area contributed by atoms with E-state index < -0.39 is 0 Å². The van der Waals surface area contributed by atoms with Gasteiger partial charge in [0.15, 0.2) is 0 Å². The first kappa shape index (κ1) is 7.59. The molecule has 1 saturated heterocycles. The summed E-state index contributed by atoms with van der Waals surface area (Å²) >= 11 is 3.62. The highest BCUT2D eigenvalue weighted by Gasteiger charge is 2.48. The molecule has 3 heteroatoms. The van der Waals surface area contributed by atoms with E-state index in [0.29, 0.717) is 6.42 Å². The van der Waals surface area contributed by atoms with Gasteiger partial charge in [-0.3, -0.25) is 4.79 Å². The molecule has 62 valence electrons. The molecule has 0 aromatic rings. The Labute approximate surface area is 74.4 Å². The summed E-state index contributed by atoms with van der Waals surface area (Å²) in [6.45, 7) is 0. The zero-order valence-corrected chi connectivity index (χ0v) is 7.89. The van der Waals surface area contributed by atoms with Crippen LogP contribution < -0.4 is 0 Å². The second-order valence-corrected chi connectivity index (χ2v) is 5.01. The minimum atomic E-state index is -0.0335. The largest absolute Gasteiger partial charge is 0.461 e. The van der Waals surface area contributed by atoms with Crippen LogP contribution in [0.5, 0.6) is 0 Å². The first-order valence-electron chi connectivity index (χ1n) is 4.09. The molecule has 0 unspecified atom stereocenters. The smallest absolute Gasteiger partial charge is 0.307 e. The van der Waals surface area contributed by atoms with Crippen LogP contribution in [0.15, 0.2) is 0 Å². The van der Waals surface area contributed by atoms with Crippen molar-refractivity contribution in [1.82, 2.24) is 0 Å². The molecule has 0 bridgehead atoms. The van der Waals surface area contributed by atoms with Crippen molar-refractivity contribution in [3.05, 3.63) is 0 Å². The van der Waals surface area contributed by atoms with E-state index in [1.54, 1.807) is 0 Å². The normalized spacial score (nSPS) is 43.4. The first-order valence-corrected chi connectivity index (χ1v) is 4.88. The van der Waals surface area contributed by atoms with Crippen LogP contribution >= 0.6 is 15.9 Å². The summed E-state index contributed by atoms with van der Waals surface area (Å²) in [5.41, 5.74) is 0. The Balaban J connectivity index is 2.17. The Hall–Kier alpha value is -0.0500. The molecule has 0 aromatic heterocycles. The molecular weight excluding hydrogens is 208 g/mol. The highest BCUT2D eigenvalue weighted by molar-refractivity contribution is 9.10. The summed E-state index contributed by atoms with van der Waals surface area (Å²) in [4.78, 5) is 11.0. The molecule has 2 atom stereocenters. The zero-order valence-electron chi connectivity index (χ0n) is 6.31. The van der Waals surface area contributed by atoms with Gasteiger partial charge in [-0.1, -0.05) is 22.4 Å². The van der Waals surface area contributed by atoms with Gasteiger partial charge in [-0.2, -0.15) is 0 Å². The lowest BCUT2D eigenvalue weighted by molar-refractivity contribution is -0.141. The van der Waals surface area contributed by atoms with Gasteiger partial charge in [-0.25, -0.2) is 0 Å². The first-order chi connectivity index (χ1) is 5.21. The van der Waals surface area contributed by atoms with Crippen LogP contribution in [-0.4, -0.2) is 16.4 Å². The number of hydrogen-bond donors (Lipinski definition) is 0. The Morgan fingerprint density at radius 3 is 3.09 bits per heavy atom. The molecule has 1 aliphatic heterocycles. The molecule has 0 N–H and O–H groups in total. The molecule has 2 nitrogen and oxygen atoms in total. The lowest BCUT2D eigenvalue weighted by Gasteiger charge is -2.30. The SMILES string of the molecule is O=C1C[C@@]2(Br)CCCC[C@H]2O1. The third-order valence-corrected chi connectivity index (χ3v) is 3.79. The van der Waals surface area contributed by atoms with E-state index in [4.69, 9.17) is 4.74 Å². The fourth-order valence-corrected chi connectivity index (χ4v) is 2.81. The van der Waals surface area contributed by atoms with Crippen LogP contribution in [0.3, 0.4) is 0 Å². The number of halogens is 1. The van der Waals surface area contributed by atoms with Crippen LogP contribution in [0.4, 0.5) is 0 Å². The zero-order chi connectivity index (χ0) is 7.90. The van der Waals surface area contributed by atoms with Gasteiger partial charge in [0.1, 0.15) is 6.10 Å². The van der Waals surface area contributed by atoms with E-state index in [0.717, 1.165) is 12.8 Å².